The summed E-state index contributed by atoms with van der Waals surface area (Å²) in [6, 6.07) is 0. The highest BCUT2D eigenvalue weighted by molar-refractivity contribution is 4.98. The Morgan fingerprint density at radius 2 is 2.10 bits per heavy atom. The first-order valence-corrected chi connectivity index (χ1v) is 8.42. The molecule has 1 aliphatic rings. The van der Waals surface area contributed by atoms with Gasteiger partial charge in [0.2, 0.25) is 11.7 Å². The second-order valence-corrected chi connectivity index (χ2v) is 6.03. The maximum Gasteiger partial charge on any atom is 0.226 e. The molecule has 2 atom stereocenters. The number of hydrogen-bond donors (Lipinski definition) is 1. The van der Waals surface area contributed by atoms with E-state index in [0.29, 0.717) is 18.4 Å². The molecule has 1 fully saturated rings. The lowest BCUT2D eigenvalue weighted by atomic mass is 9.94. The first kappa shape index (κ1) is 16.4. The van der Waals surface area contributed by atoms with Gasteiger partial charge in [-0.3, -0.25) is 0 Å². The minimum absolute atomic E-state index is 0.0305. The standard InChI is InChI=1S/C16H29N3O2/c1-3-5-12(10-11-17)6-9-14-18-16(19-21-14)15(20-4-2)13-7-8-13/h12-13,15H,3-11,17H2,1-2H3. The molecule has 120 valence electrons. The third-order valence-corrected chi connectivity index (χ3v) is 4.17. The van der Waals surface area contributed by atoms with Gasteiger partial charge < -0.3 is 15.0 Å². The summed E-state index contributed by atoms with van der Waals surface area (Å²) < 4.78 is 11.2. The fourth-order valence-electron chi connectivity index (χ4n) is 2.89. The van der Waals surface area contributed by atoms with E-state index in [0.717, 1.165) is 37.5 Å². The molecule has 5 heteroatoms. The molecule has 0 bridgehead atoms. The molecule has 0 aliphatic heterocycles. The largest absolute Gasteiger partial charge is 0.370 e. The van der Waals surface area contributed by atoms with Crippen molar-refractivity contribution < 1.29 is 9.26 Å². The summed E-state index contributed by atoms with van der Waals surface area (Å²) in [4.78, 5) is 4.55. The number of ether oxygens (including phenoxy) is 1. The van der Waals surface area contributed by atoms with Crippen LogP contribution < -0.4 is 5.73 Å². The molecule has 21 heavy (non-hydrogen) atoms. The van der Waals surface area contributed by atoms with Crippen molar-refractivity contribution in [3.63, 3.8) is 0 Å². The van der Waals surface area contributed by atoms with Crippen LogP contribution in [0.15, 0.2) is 4.52 Å². The zero-order valence-corrected chi connectivity index (χ0v) is 13.4. The summed E-state index contributed by atoms with van der Waals surface area (Å²) >= 11 is 0. The molecule has 1 aromatic rings. The van der Waals surface area contributed by atoms with Crippen molar-refractivity contribution in [1.82, 2.24) is 10.1 Å². The SMILES string of the molecule is CCCC(CCN)CCc1nc(C(OCC)C2CC2)no1. The van der Waals surface area contributed by atoms with Gasteiger partial charge in [-0.05, 0) is 51.0 Å². The third-order valence-electron chi connectivity index (χ3n) is 4.17. The van der Waals surface area contributed by atoms with Gasteiger partial charge in [0.15, 0.2) is 0 Å². The average molecular weight is 295 g/mol. The summed E-state index contributed by atoms with van der Waals surface area (Å²) in [5.74, 6) is 2.73. The molecule has 2 N–H and O–H groups in total. The van der Waals surface area contributed by atoms with Crippen LogP contribution >= 0.6 is 0 Å². The summed E-state index contributed by atoms with van der Waals surface area (Å²) in [6.07, 6.45) is 7.89. The van der Waals surface area contributed by atoms with Crippen LogP contribution in [0.5, 0.6) is 0 Å². The number of aryl methyl sites for hydroxylation is 1. The highest BCUT2D eigenvalue weighted by Gasteiger charge is 2.36. The smallest absolute Gasteiger partial charge is 0.226 e. The molecule has 0 spiro atoms. The maximum atomic E-state index is 5.77. The van der Waals surface area contributed by atoms with Crippen LogP contribution in [0.25, 0.3) is 0 Å². The Kier molecular flexibility index (Phi) is 6.64. The number of nitrogens with two attached hydrogens (primary N) is 1. The molecule has 1 saturated carbocycles. The van der Waals surface area contributed by atoms with Crippen molar-refractivity contribution in [2.45, 2.75) is 64.9 Å². The van der Waals surface area contributed by atoms with Gasteiger partial charge in [-0.2, -0.15) is 4.98 Å². The Labute approximate surface area is 127 Å². The van der Waals surface area contributed by atoms with Crippen LogP contribution in [0.2, 0.25) is 0 Å². The van der Waals surface area contributed by atoms with Gasteiger partial charge in [0.1, 0.15) is 6.10 Å². The fraction of sp³-hybridized carbons (Fsp3) is 0.875. The van der Waals surface area contributed by atoms with E-state index in [1.165, 1.54) is 25.7 Å². The van der Waals surface area contributed by atoms with Crippen LogP contribution in [-0.4, -0.2) is 23.3 Å². The predicted molar refractivity (Wildman–Crippen MR) is 81.8 cm³/mol. The second kappa shape index (κ2) is 8.49. The van der Waals surface area contributed by atoms with Crippen molar-refractivity contribution >= 4 is 0 Å². The van der Waals surface area contributed by atoms with Gasteiger partial charge in [-0.15, -0.1) is 0 Å². The molecule has 1 aromatic heterocycles. The van der Waals surface area contributed by atoms with Crippen LogP contribution in [0.3, 0.4) is 0 Å². The van der Waals surface area contributed by atoms with Gasteiger partial charge in [-0.1, -0.05) is 24.9 Å². The second-order valence-electron chi connectivity index (χ2n) is 6.03. The van der Waals surface area contributed by atoms with Gasteiger partial charge in [0, 0.05) is 13.0 Å². The topological polar surface area (TPSA) is 74.2 Å². The fourth-order valence-corrected chi connectivity index (χ4v) is 2.89. The lowest BCUT2D eigenvalue weighted by Crippen LogP contribution is -2.10. The number of hydrogen-bond acceptors (Lipinski definition) is 5. The van der Waals surface area contributed by atoms with E-state index >= 15 is 0 Å². The summed E-state index contributed by atoms with van der Waals surface area (Å²) in [7, 11) is 0. The van der Waals surface area contributed by atoms with Crippen LogP contribution in [0.1, 0.15) is 70.2 Å². The molecule has 0 radical (unpaired) electrons. The molecule has 0 aromatic carbocycles. The van der Waals surface area contributed by atoms with Crippen molar-refractivity contribution in [2.24, 2.45) is 17.6 Å². The van der Waals surface area contributed by atoms with E-state index in [1.54, 1.807) is 0 Å². The van der Waals surface area contributed by atoms with Crippen LogP contribution in [0, 0.1) is 11.8 Å². The molecule has 5 nitrogen and oxygen atoms in total. The van der Waals surface area contributed by atoms with E-state index in [9.17, 15) is 0 Å². The molecular weight excluding hydrogens is 266 g/mol. The quantitative estimate of drug-likeness (QED) is 0.678. The van der Waals surface area contributed by atoms with Crippen molar-refractivity contribution in [1.29, 1.82) is 0 Å². The molecule has 2 unspecified atom stereocenters. The Bertz CT molecular complexity index is 398. The third kappa shape index (κ3) is 5.08. The highest BCUT2D eigenvalue weighted by Crippen LogP contribution is 2.42. The molecule has 1 heterocycles. The van der Waals surface area contributed by atoms with Gasteiger partial charge in [0.25, 0.3) is 0 Å². The average Bonchev–Trinajstić information content (AvgIpc) is 3.21. The van der Waals surface area contributed by atoms with E-state index in [-0.39, 0.29) is 6.10 Å². The zero-order valence-electron chi connectivity index (χ0n) is 13.4. The van der Waals surface area contributed by atoms with Crippen molar-refractivity contribution in [3.05, 3.63) is 11.7 Å². The van der Waals surface area contributed by atoms with Crippen molar-refractivity contribution in [2.75, 3.05) is 13.2 Å². The maximum absolute atomic E-state index is 5.77. The zero-order chi connectivity index (χ0) is 15.1. The summed E-state index contributed by atoms with van der Waals surface area (Å²) in [5.41, 5.74) is 5.68. The lowest BCUT2D eigenvalue weighted by molar-refractivity contribution is 0.0384. The van der Waals surface area contributed by atoms with Gasteiger partial charge >= 0.3 is 0 Å². The highest BCUT2D eigenvalue weighted by atomic mass is 16.5. The molecule has 0 saturated heterocycles. The van der Waals surface area contributed by atoms with Gasteiger partial charge in [0.05, 0.1) is 0 Å². The number of aromatic nitrogens is 2. The predicted octanol–water partition coefficient (Wildman–Crippen LogP) is 3.25. The Balaban J connectivity index is 1.86. The molecule has 2 rings (SSSR count). The number of rotatable bonds is 11. The monoisotopic (exact) mass is 295 g/mol. The molecule has 0 amide bonds. The first-order valence-electron chi connectivity index (χ1n) is 8.42. The number of nitrogens with zero attached hydrogens (tertiary/aromatic N) is 2. The molecule has 1 aliphatic carbocycles. The van der Waals surface area contributed by atoms with Crippen LogP contribution in [0.4, 0.5) is 0 Å². The first-order chi connectivity index (χ1) is 10.3. The summed E-state index contributed by atoms with van der Waals surface area (Å²) in [6.45, 7) is 5.68. The normalized spacial score (nSPS) is 17.9. The summed E-state index contributed by atoms with van der Waals surface area (Å²) in [5, 5.41) is 4.13. The van der Waals surface area contributed by atoms with E-state index < -0.39 is 0 Å². The minimum atomic E-state index is 0.0305. The van der Waals surface area contributed by atoms with Crippen LogP contribution in [-0.2, 0) is 11.2 Å². The lowest BCUT2D eigenvalue weighted by Gasteiger charge is -2.13. The Morgan fingerprint density at radius 1 is 1.29 bits per heavy atom. The Morgan fingerprint density at radius 3 is 2.71 bits per heavy atom. The Hall–Kier alpha value is -0.940. The van der Waals surface area contributed by atoms with Gasteiger partial charge in [-0.25, -0.2) is 0 Å². The molecular formula is C16H29N3O2. The van der Waals surface area contributed by atoms with Crippen molar-refractivity contribution in [3.8, 4) is 0 Å². The van der Waals surface area contributed by atoms with E-state index in [2.05, 4.69) is 17.1 Å². The van der Waals surface area contributed by atoms with E-state index in [1.807, 2.05) is 6.92 Å². The van der Waals surface area contributed by atoms with E-state index in [4.69, 9.17) is 15.0 Å². The minimum Gasteiger partial charge on any atom is -0.370 e.